The van der Waals surface area contributed by atoms with Gasteiger partial charge in [-0.2, -0.15) is 0 Å². The largest absolute Gasteiger partial charge is 0.322 e. The van der Waals surface area contributed by atoms with Gasteiger partial charge in [0.1, 0.15) is 0 Å². The Labute approximate surface area is 203 Å². The molecule has 1 aliphatic heterocycles. The van der Waals surface area contributed by atoms with Crippen LogP contribution in [-0.2, 0) is 10.0 Å². The minimum Gasteiger partial charge on any atom is -0.322 e. The van der Waals surface area contributed by atoms with Gasteiger partial charge in [0.25, 0.3) is 5.91 Å². The maximum atomic E-state index is 13.0. The molecule has 6 nitrogen and oxygen atoms in total. The molecule has 2 heterocycles. The van der Waals surface area contributed by atoms with Gasteiger partial charge in [0.15, 0.2) is 0 Å². The highest BCUT2D eigenvalue weighted by molar-refractivity contribution is 7.93. The minimum atomic E-state index is -3.28. The Kier molecular flexibility index (Phi) is 5.75. The molecule has 0 saturated carbocycles. The number of carbonyl (C=O) groups is 1. The topological polar surface area (TPSA) is 79.4 Å². The van der Waals surface area contributed by atoms with Crippen molar-refractivity contribution < 1.29 is 13.2 Å². The number of fused-ring (bicyclic) bond motifs is 1. The van der Waals surface area contributed by atoms with E-state index in [1.54, 1.807) is 43.5 Å². The van der Waals surface area contributed by atoms with E-state index in [1.165, 1.54) is 4.31 Å². The molecular formula is C26H22ClN3O3S. The highest BCUT2D eigenvalue weighted by Crippen LogP contribution is 2.34. The molecular weight excluding hydrogens is 470 g/mol. The smallest absolute Gasteiger partial charge is 0.255 e. The number of sulfonamides is 1. The first-order valence-electron chi connectivity index (χ1n) is 10.9. The van der Waals surface area contributed by atoms with Crippen LogP contribution in [0.5, 0.6) is 0 Å². The molecule has 0 aliphatic carbocycles. The van der Waals surface area contributed by atoms with E-state index >= 15 is 0 Å². The van der Waals surface area contributed by atoms with Gasteiger partial charge >= 0.3 is 0 Å². The number of benzene rings is 3. The SMILES string of the molecule is Cc1cc(N2CCCS2(=O)=O)ccc1C(=O)Nc1ccc(Cl)c(-c2nccc3ccccc23)c1. The van der Waals surface area contributed by atoms with Crippen molar-refractivity contribution in [2.75, 3.05) is 21.9 Å². The van der Waals surface area contributed by atoms with Crippen molar-refractivity contribution in [3.8, 4) is 11.3 Å². The van der Waals surface area contributed by atoms with Crippen LogP contribution < -0.4 is 9.62 Å². The number of carbonyl (C=O) groups excluding carboxylic acids is 1. The van der Waals surface area contributed by atoms with Crippen LogP contribution in [0.15, 0.2) is 72.9 Å². The number of rotatable bonds is 4. The highest BCUT2D eigenvalue weighted by atomic mass is 35.5. The first kappa shape index (κ1) is 22.4. The Balaban J connectivity index is 1.44. The van der Waals surface area contributed by atoms with Gasteiger partial charge in [0.05, 0.1) is 22.2 Å². The zero-order valence-electron chi connectivity index (χ0n) is 18.5. The quantitative estimate of drug-likeness (QED) is 0.399. The van der Waals surface area contributed by atoms with E-state index in [4.69, 9.17) is 11.6 Å². The third-order valence-corrected chi connectivity index (χ3v) is 8.19. The molecule has 5 rings (SSSR count). The summed E-state index contributed by atoms with van der Waals surface area (Å²) < 4.78 is 25.9. The Morgan fingerprint density at radius 2 is 1.88 bits per heavy atom. The summed E-state index contributed by atoms with van der Waals surface area (Å²) in [6.45, 7) is 2.26. The van der Waals surface area contributed by atoms with E-state index in [-0.39, 0.29) is 11.7 Å². The molecule has 8 heteroatoms. The van der Waals surface area contributed by atoms with E-state index in [0.29, 0.717) is 40.5 Å². The summed E-state index contributed by atoms with van der Waals surface area (Å²) in [5.74, 6) is -0.133. The molecule has 1 N–H and O–H groups in total. The second-order valence-corrected chi connectivity index (χ2v) is 10.7. The molecule has 3 aromatic carbocycles. The van der Waals surface area contributed by atoms with Crippen molar-refractivity contribution in [2.24, 2.45) is 0 Å². The molecule has 0 spiro atoms. The highest BCUT2D eigenvalue weighted by Gasteiger charge is 2.28. The van der Waals surface area contributed by atoms with Crippen LogP contribution in [-0.4, -0.2) is 31.6 Å². The van der Waals surface area contributed by atoms with Gasteiger partial charge in [-0.05, 0) is 66.8 Å². The number of hydrogen-bond donors (Lipinski definition) is 1. The molecule has 0 unspecified atom stereocenters. The summed E-state index contributed by atoms with van der Waals surface area (Å²) in [4.78, 5) is 17.6. The van der Waals surface area contributed by atoms with Crippen LogP contribution in [0.3, 0.4) is 0 Å². The number of halogens is 1. The van der Waals surface area contributed by atoms with Crippen molar-refractivity contribution in [2.45, 2.75) is 13.3 Å². The third-order valence-electron chi connectivity index (χ3n) is 5.99. The normalized spacial score (nSPS) is 14.9. The van der Waals surface area contributed by atoms with E-state index in [0.717, 1.165) is 22.0 Å². The fourth-order valence-electron chi connectivity index (χ4n) is 4.30. The Hall–Kier alpha value is -3.42. The van der Waals surface area contributed by atoms with E-state index in [9.17, 15) is 13.2 Å². The van der Waals surface area contributed by atoms with Gasteiger partial charge < -0.3 is 5.32 Å². The predicted molar refractivity (Wildman–Crippen MR) is 137 cm³/mol. The molecule has 0 atom stereocenters. The molecule has 4 aromatic rings. The Morgan fingerprint density at radius 3 is 2.65 bits per heavy atom. The van der Waals surface area contributed by atoms with Crippen LogP contribution in [0.25, 0.3) is 22.0 Å². The van der Waals surface area contributed by atoms with Crippen LogP contribution in [0, 0.1) is 6.92 Å². The fourth-order valence-corrected chi connectivity index (χ4v) is 6.07. The van der Waals surface area contributed by atoms with Crippen LogP contribution >= 0.6 is 11.6 Å². The van der Waals surface area contributed by atoms with Crippen molar-refractivity contribution in [1.82, 2.24) is 4.98 Å². The maximum absolute atomic E-state index is 13.0. The lowest BCUT2D eigenvalue weighted by Gasteiger charge is -2.18. The number of nitrogens with one attached hydrogen (secondary N) is 1. The summed E-state index contributed by atoms with van der Waals surface area (Å²) in [7, 11) is -3.28. The van der Waals surface area contributed by atoms with Crippen molar-refractivity contribution in [1.29, 1.82) is 0 Å². The number of hydrogen-bond acceptors (Lipinski definition) is 4. The zero-order valence-corrected chi connectivity index (χ0v) is 20.0. The average Bonchev–Trinajstić information content (AvgIpc) is 3.18. The summed E-state index contributed by atoms with van der Waals surface area (Å²) in [6, 6.07) is 20.3. The number of amides is 1. The Bertz CT molecular complexity index is 1530. The number of aromatic nitrogens is 1. The van der Waals surface area contributed by atoms with Gasteiger partial charge in [-0.15, -0.1) is 0 Å². The molecule has 1 aromatic heterocycles. The summed E-state index contributed by atoms with van der Waals surface area (Å²) in [5, 5.41) is 5.49. The lowest BCUT2D eigenvalue weighted by molar-refractivity contribution is 0.102. The maximum Gasteiger partial charge on any atom is 0.255 e. The molecule has 34 heavy (non-hydrogen) atoms. The lowest BCUT2D eigenvalue weighted by Crippen LogP contribution is -2.25. The standard InChI is InChI=1S/C26H22ClN3O3S/c1-17-15-20(30-13-4-14-34(30,32)33)8-9-21(17)26(31)29-19-7-10-24(27)23(16-19)25-22-6-3-2-5-18(22)11-12-28-25/h2-3,5-12,15-16H,4,13-14H2,1H3,(H,29,31). The van der Waals surface area contributed by atoms with Gasteiger partial charge in [-0.1, -0.05) is 35.9 Å². The number of nitrogens with zero attached hydrogens (tertiary/aromatic N) is 2. The van der Waals surface area contributed by atoms with Gasteiger partial charge in [-0.3, -0.25) is 14.1 Å². The molecule has 1 fully saturated rings. The van der Waals surface area contributed by atoms with Gasteiger partial charge in [0, 0.05) is 34.9 Å². The molecule has 1 amide bonds. The Morgan fingerprint density at radius 1 is 1.06 bits per heavy atom. The fraction of sp³-hybridized carbons (Fsp3) is 0.154. The van der Waals surface area contributed by atoms with E-state index < -0.39 is 10.0 Å². The van der Waals surface area contributed by atoms with Crippen LogP contribution in [0.2, 0.25) is 5.02 Å². The van der Waals surface area contributed by atoms with Crippen molar-refractivity contribution in [3.63, 3.8) is 0 Å². The van der Waals surface area contributed by atoms with Crippen LogP contribution in [0.1, 0.15) is 22.3 Å². The predicted octanol–water partition coefficient (Wildman–Crippen LogP) is 5.66. The number of aryl methyl sites for hydroxylation is 1. The zero-order chi connectivity index (χ0) is 23.9. The second kappa shape index (κ2) is 8.74. The second-order valence-electron chi connectivity index (χ2n) is 8.27. The molecule has 0 radical (unpaired) electrons. The number of pyridine rings is 1. The lowest BCUT2D eigenvalue weighted by atomic mass is 10.0. The summed E-state index contributed by atoms with van der Waals surface area (Å²) >= 11 is 6.51. The molecule has 0 bridgehead atoms. The van der Waals surface area contributed by atoms with E-state index in [2.05, 4.69) is 10.3 Å². The van der Waals surface area contributed by atoms with Gasteiger partial charge in [-0.25, -0.2) is 8.42 Å². The molecule has 1 saturated heterocycles. The minimum absolute atomic E-state index is 0.152. The summed E-state index contributed by atoms with van der Waals surface area (Å²) in [5.41, 5.74) is 3.81. The summed E-state index contributed by atoms with van der Waals surface area (Å²) in [6.07, 6.45) is 2.35. The van der Waals surface area contributed by atoms with Gasteiger partial charge in [0.2, 0.25) is 10.0 Å². The van der Waals surface area contributed by atoms with Crippen LogP contribution in [0.4, 0.5) is 11.4 Å². The van der Waals surface area contributed by atoms with Crippen molar-refractivity contribution in [3.05, 3.63) is 89.1 Å². The molecule has 1 aliphatic rings. The molecule has 172 valence electrons. The van der Waals surface area contributed by atoms with E-state index in [1.807, 2.05) is 36.4 Å². The average molecular weight is 492 g/mol. The first-order valence-corrected chi connectivity index (χ1v) is 12.9. The number of anilines is 2. The third kappa shape index (κ3) is 4.13. The first-order chi connectivity index (χ1) is 16.3. The monoisotopic (exact) mass is 491 g/mol. The van der Waals surface area contributed by atoms with Crippen molar-refractivity contribution >= 4 is 49.7 Å².